The van der Waals surface area contributed by atoms with Crippen molar-refractivity contribution in [2.45, 2.75) is 25.9 Å². The highest BCUT2D eigenvalue weighted by Crippen LogP contribution is 2.22. The third-order valence-corrected chi connectivity index (χ3v) is 3.72. The zero-order valence-electron chi connectivity index (χ0n) is 9.76. The molecule has 94 valence electrons. The molecule has 0 saturated heterocycles. The van der Waals surface area contributed by atoms with E-state index in [-0.39, 0.29) is 12.5 Å². The quantitative estimate of drug-likeness (QED) is 0.862. The molecule has 3 nitrogen and oxygen atoms in total. The molecule has 1 aromatic rings. The minimum atomic E-state index is -0.864. The molecule has 0 aromatic heterocycles. The van der Waals surface area contributed by atoms with Gasteiger partial charge in [0.1, 0.15) is 0 Å². The first-order valence-corrected chi connectivity index (χ1v) is 6.90. The second-order valence-corrected chi connectivity index (χ2v) is 5.93. The van der Waals surface area contributed by atoms with Gasteiger partial charge in [-0.25, -0.2) is 0 Å². The maximum Gasteiger partial charge on any atom is 0.252 e. The van der Waals surface area contributed by atoms with Crippen molar-refractivity contribution < 1.29 is 9.90 Å². The Labute approximate surface area is 118 Å². The lowest BCUT2D eigenvalue weighted by molar-refractivity contribution is 0.0518. The van der Waals surface area contributed by atoms with Crippen molar-refractivity contribution >= 4 is 37.8 Å². The second kappa shape index (κ2) is 5.98. The Morgan fingerprint density at radius 3 is 2.65 bits per heavy atom. The van der Waals surface area contributed by atoms with Gasteiger partial charge >= 0.3 is 0 Å². The van der Waals surface area contributed by atoms with Crippen LogP contribution in [0.2, 0.25) is 0 Å². The van der Waals surface area contributed by atoms with E-state index < -0.39 is 5.60 Å². The Hall–Kier alpha value is -0.390. The Balaban J connectivity index is 2.71. The van der Waals surface area contributed by atoms with E-state index in [1.54, 1.807) is 19.1 Å². The number of amides is 1. The summed E-state index contributed by atoms with van der Waals surface area (Å²) in [6.45, 7) is 3.82. The lowest BCUT2D eigenvalue weighted by Crippen LogP contribution is -2.40. The van der Waals surface area contributed by atoms with Crippen LogP contribution in [0.1, 0.15) is 30.6 Å². The minimum Gasteiger partial charge on any atom is -0.388 e. The Bertz CT molecular complexity index is 419. The lowest BCUT2D eigenvalue weighted by Gasteiger charge is -2.21. The predicted octanol–water partition coefficient (Wildman–Crippen LogP) is 3.10. The molecular weight excluding hydrogens is 350 g/mol. The average Bonchev–Trinajstić information content (AvgIpc) is 2.26. The molecule has 0 heterocycles. The van der Waals surface area contributed by atoms with Gasteiger partial charge in [-0.1, -0.05) is 22.9 Å². The van der Waals surface area contributed by atoms with Crippen LogP contribution in [0.25, 0.3) is 0 Å². The van der Waals surface area contributed by atoms with Gasteiger partial charge in [-0.05, 0) is 47.5 Å². The monoisotopic (exact) mass is 363 g/mol. The number of carbonyl (C=O) groups is 1. The third-order valence-electron chi connectivity index (χ3n) is 2.57. The third kappa shape index (κ3) is 4.41. The van der Waals surface area contributed by atoms with Gasteiger partial charge in [0, 0.05) is 15.5 Å². The van der Waals surface area contributed by atoms with Crippen molar-refractivity contribution in [3.05, 3.63) is 32.7 Å². The number of benzene rings is 1. The number of halogens is 2. The molecule has 17 heavy (non-hydrogen) atoms. The normalized spacial score (nSPS) is 14.2. The summed E-state index contributed by atoms with van der Waals surface area (Å²) < 4.78 is 1.63. The van der Waals surface area contributed by atoms with Gasteiger partial charge in [-0.2, -0.15) is 0 Å². The van der Waals surface area contributed by atoms with E-state index in [1.807, 2.05) is 13.0 Å². The van der Waals surface area contributed by atoms with Crippen molar-refractivity contribution in [3.8, 4) is 0 Å². The molecule has 1 amide bonds. The molecule has 0 aliphatic heterocycles. The van der Waals surface area contributed by atoms with E-state index in [2.05, 4.69) is 37.2 Å². The largest absolute Gasteiger partial charge is 0.388 e. The van der Waals surface area contributed by atoms with Crippen LogP contribution in [0.4, 0.5) is 0 Å². The zero-order chi connectivity index (χ0) is 13.1. The van der Waals surface area contributed by atoms with Crippen molar-refractivity contribution in [2.75, 3.05) is 6.54 Å². The van der Waals surface area contributed by atoms with Crippen molar-refractivity contribution in [1.29, 1.82) is 0 Å². The molecule has 0 aliphatic carbocycles. The summed E-state index contributed by atoms with van der Waals surface area (Å²) in [6.07, 6.45) is 0.592. The number of hydrogen-bond acceptors (Lipinski definition) is 2. The van der Waals surface area contributed by atoms with E-state index in [1.165, 1.54) is 0 Å². The van der Waals surface area contributed by atoms with E-state index in [0.29, 0.717) is 12.0 Å². The second-order valence-electron chi connectivity index (χ2n) is 4.16. The van der Waals surface area contributed by atoms with Gasteiger partial charge in [-0.15, -0.1) is 0 Å². The summed E-state index contributed by atoms with van der Waals surface area (Å²) in [7, 11) is 0. The number of nitrogens with one attached hydrogen (secondary N) is 1. The fourth-order valence-corrected chi connectivity index (χ4v) is 2.39. The highest BCUT2D eigenvalue weighted by Gasteiger charge is 2.19. The van der Waals surface area contributed by atoms with Gasteiger partial charge in [0.25, 0.3) is 5.91 Å². The standard InChI is InChI=1S/C12H15Br2NO2/c1-3-12(2,17)7-15-11(16)9-5-4-8(13)6-10(9)14/h4-6,17H,3,7H2,1-2H3,(H,15,16). The van der Waals surface area contributed by atoms with Gasteiger partial charge in [0.05, 0.1) is 11.2 Å². The van der Waals surface area contributed by atoms with Crippen LogP contribution in [-0.4, -0.2) is 23.2 Å². The van der Waals surface area contributed by atoms with Crippen LogP contribution in [0, 0.1) is 0 Å². The van der Waals surface area contributed by atoms with Crippen LogP contribution in [-0.2, 0) is 0 Å². The number of aliphatic hydroxyl groups is 1. The maximum atomic E-state index is 11.9. The molecular formula is C12H15Br2NO2. The summed E-state index contributed by atoms with van der Waals surface area (Å²) in [5, 5.41) is 12.5. The predicted molar refractivity (Wildman–Crippen MR) is 75.1 cm³/mol. The highest BCUT2D eigenvalue weighted by atomic mass is 79.9. The topological polar surface area (TPSA) is 49.3 Å². The molecule has 0 saturated carbocycles. The molecule has 0 fully saturated rings. The number of rotatable bonds is 4. The summed E-state index contributed by atoms with van der Waals surface area (Å²) in [6, 6.07) is 5.34. The van der Waals surface area contributed by atoms with Crippen LogP contribution in [0.5, 0.6) is 0 Å². The molecule has 0 spiro atoms. The molecule has 5 heteroatoms. The Morgan fingerprint density at radius 1 is 1.47 bits per heavy atom. The summed E-state index contributed by atoms with van der Waals surface area (Å²) in [4.78, 5) is 11.9. The molecule has 1 unspecified atom stereocenters. The van der Waals surface area contributed by atoms with Crippen LogP contribution < -0.4 is 5.32 Å². The van der Waals surface area contributed by atoms with Crippen LogP contribution in [0.15, 0.2) is 27.1 Å². The fourth-order valence-electron chi connectivity index (χ4n) is 1.16. The SMILES string of the molecule is CCC(C)(O)CNC(=O)c1ccc(Br)cc1Br. The van der Waals surface area contributed by atoms with Crippen molar-refractivity contribution in [1.82, 2.24) is 5.32 Å². The zero-order valence-corrected chi connectivity index (χ0v) is 12.9. The Morgan fingerprint density at radius 2 is 2.12 bits per heavy atom. The first-order chi connectivity index (χ1) is 7.85. The molecule has 1 aromatic carbocycles. The van der Waals surface area contributed by atoms with Gasteiger partial charge < -0.3 is 10.4 Å². The first kappa shape index (κ1) is 14.7. The van der Waals surface area contributed by atoms with E-state index >= 15 is 0 Å². The maximum absolute atomic E-state index is 11.9. The highest BCUT2D eigenvalue weighted by molar-refractivity contribution is 9.11. The summed E-state index contributed by atoms with van der Waals surface area (Å²) in [5.41, 5.74) is -0.308. The van der Waals surface area contributed by atoms with E-state index in [0.717, 1.165) is 8.95 Å². The molecule has 1 rings (SSSR count). The summed E-state index contributed by atoms with van der Waals surface area (Å²) >= 11 is 6.66. The van der Waals surface area contributed by atoms with Gasteiger partial charge in [-0.3, -0.25) is 4.79 Å². The molecule has 2 N–H and O–H groups in total. The lowest BCUT2D eigenvalue weighted by atomic mass is 10.0. The smallest absolute Gasteiger partial charge is 0.252 e. The Kier molecular flexibility index (Phi) is 5.16. The first-order valence-electron chi connectivity index (χ1n) is 5.31. The minimum absolute atomic E-state index is 0.196. The van der Waals surface area contributed by atoms with Crippen LogP contribution >= 0.6 is 31.9 Å². The van der Waals surface area contributed by atoms with Crippen LogP contribution in [0.3, 0.4) is 0 Å². The number of hydrogen-bond donors (Lipinski definition) is 2. The van der Waals surface area contributed by atoms with E-state index in [9.17, 15) is 9.90 Å². The van der Waals surface area contributed by atoms with E-state index in [4.69, 9.17) is 0 Å². The molecule has 1 atom stereocenters. The fraction of sp³-hybridized carbons (Fsp3) is 0.417. The molecule has 0 aliphatic rings. The average molecular weight is 365 g/mol. The molecule has 0 bridgehead atoms. The summed E-state index contributed by atoms with van der Waals surface area (Å²) in [5.74, 6) is -0.196. The van der Waals surface area contributed by atoms with Gasteiger partial charge in [0.2, 0.25) is 0 Å². The van der Waals surface area contributed by atoms with Crippen molar-refractivity contribution in [3.63, 3.8) is 0 Å². The van der Waals surface area contributed by atoms with Gasteiger partial charge in [0.15, 0.2) is 0 Å². The number of carbonyl (C=O) groups excluding carboxylic acids is 1. The van der Waals surface area contributed by atoms with Crippen molar-refractivity contribution in [2.24, 2.45) is 0 Å². The molecule has 0 radical (unpaired) electrons.